The lowest BCUT2D eigenvalue weighted by molar-refractivity contribution is -0.132. The molecule has 2 aromatic carbocycles. The van der Waals surface area contributed by atoms with E-state index >= 15 is 0 Å². The first-order valence-corrected chi connectivity index (χ1v) is 8.13. The van der Waals surface area contributed by atoms with Crippen molar-refractivity contribution in [1.82, 2.24) is 4.90 Å². The summed E-state index contributed by atoms with van der Waals surface area (Å²) in [4.78, 5) is 14.4. The standard InChI is InChI=1S/C18H19Cl2NO2/c1-21(12-13-5-3-2-4-6-13)18(23)15(9-10-22)14-7-8-16(19)17(20)11-14/h2-8,11,15,22H,9-10,12H2,1H3. The van der Waals surface area contributed by atoms with E-state index in [2.05, 4.69) is 0 Å². The number of nitrogens with zero attached hydrogens (tertiary/aromatic N) is 1. The van der Waals surface area contributed by atoms with Crippen LogP contribution in [-0.2, 0) is 11.3 Å². The van der Waals surface area contributed by atoms with Gasteiger partial charge in [0.15, 0.2) is 0 Å². The van der Waals surface area contributed by atoms with Crippen molar-refractivity contribution in [3.8, 4) is 0 Å². The number of hydrogen-bond donors (Lipinski definition) is 1. The summed E-state index contributed by atoms with van der Waals surface area (Å²) in [6, 6.07) is 14.9. The van der Waals surface area contributed by atoms with Crippen LogP contribution < -0.4 is 0 Å². The number of carbonyl (C=O) groups excluding carboxylic acids is 1. The molecule has 0 aliphatic heterocycles. The van der Waals surface area contributed by atoms with Crippen LogP contribution in [0.4, 0.5) is 0 Å². The maximum Gasteiger partial charge on any atom is 0.230 e. The van der Waals surface area contributed by atoms with Crippen LogP contribution in [0.5, 0.6) is 0 Å². The first kappa shape index (κ1) is 17.8. The molecule has 1 N–H and O–H groups in total. The maximum absolute atomic E-state index is 12.8. The minimum Gasteiger partial charge on any atom is -0.396 e. The third kappa shape index (κ3) is 4.71. The Hall–Kier alpha value is -1.55. The second-order valence-corrected chi connectivity index (χ2v) is 6.23. The van der Waals surface area contributed by atoms with Crippen LogP contribution in [0.3, 0.4) is 0 Å². The fourth-order valence-electron chi connectivity index (χ4n) is 2.49. The normalized spacial score (nSPS) is 12.0. The van der Waals surface area contributed by atoms with Gasteiger partial charge < -0.3 is 10.0 Å². The highest BCUT2D eigenvalue weighted by Gasteiger charge is 2.24. The van der Waals surface area contributed by atoms with Crippen LogP contribution in [0.1, 0.15) is 23.5 Å². The van der Waals surface area contributed by atoms with Crippen LogP contribution in [0.2, 0.25) is 10.0 Å². The Morgan fingerprint density at radius 2 is 1.83 bits per heavy atom. The summed E-state index contributed by atoms with van der Waals surface area (Å²) in [5.74, 6) is -0.496. The molecule has 2 rings (SSSR count). The van der Waals surface area contributed by atoms with Crippen molar-refractivity contribution in [2.24, 2.45) is 0 Å². The summed E-state index contributed by atoms with van der Waals surface area (Å²) in [7, 11) is 1.76. The lowest BCUT2D eigenvalue weighted by atomic mass is 9.94. The van der Waals surface area contributed by atoms with E-state index in [1.54, 1.807) is 30.1 Å². The van der Waals surface area contributed by atoms with E-state index in [-0.39, 0.29) is 12.5 Å². The molecule has 0 saturated carbocycles. The highest BCUT2D eigenvalue weighted by molar-refractivity contribution is 6.42. The predicted molar refractivity (Wildman–Crippen MR) is 93.8 cm³/mol. The Bertz CT molecular complexity index is 661. The zero-order valence-electron chi connectivity index (χ0n) is 12.9. The molecule has 0 saturated heterocycles. The minimum absolute atomic E-state index is 0.0544. The Morgan fingerprint density at radius 1 is 1.13 bits per heavy atom. The van der Waals surface area contributed by atoms with Crippen LogP contribution in [0.25, 0.3) is 0 Å². The molecule has 1 amide bonds. The van der Waals surface area contributed by atoms with Crippen molar-refractivity contribution in [1.29, 1.82) is 0 Å². The van der Waals surface area contributed by atoms with Crippen molar-refractivity contribution in [3.63, 3.8) is 0 Å². The van der Waals surface area contributed by atoms with E-state index in [0.717, 1.165) is 11.1 Å². The van der Waals surface area contributed by atoms with Crippen molar-refractivity contribution in [2.75, 3.05) is 13.7 Å². The van der Waals surface area contributed by atoms with Crippen molar-refractivity contribution >= 4 is 29.1 Å². The molecule has 3 nitrogen and oxygen atoms in total. The number of rotatable bonds is 6. The number of aliphatic hydroxyl groups excluding tert-OH is 1. The van der Waals surface area contributed by atoms with E-state index in [4.69, 9.17) is 23.2 Å². The summed E-state index contributed by atoms with van der Waals surface area (Å²) >= 11 is 12.0. The highest BCUT2D eigenvalue weighted by Crippen LogP contribution is 2.29. The molecule has 1 unspecified atom stereocenters. The maximum atomic E-state index is 12.8. The third-order valence-electron chi connectivity index (χ3n) is 3.70. The Labute approximate surface area is 146 Å². The molecular formula is C18H19Cl2NO2. The molecule has 0 spiro atoms. The van der Waals surface area contributed by atoms with E-state index in [1.165, 1.54) is 0 Å². The van der Waals surface area contributed by atoms with Gasteiger partial charge in [0.2, 0.25) is 5.91 Å². The molecule has 0 aliphatic rings. The molecule has 0 aliphatic carbocycles. The Balaban J connectivity index is 2.18. The number of hydrogen-bond acceptors (Lipinski definition) is 2. The fourth-order valence-corrected chi connectivity index (χ4v) is 2.80. The minimum atomic E-state index is -0.441. The van der Waals surface area contributed by atoms with E-state index in [0.29, 0.717) is 23.0 Å². The molecule has 5 heteroatoms. The topological polar surface area (TPSA) is 40.5 Å². The number of likely N-dealkylation sites (N-methyl/N-ethyl adjacent to an activating group) is 1. The van der Waals surface area contributed by atoms with Gasteiger partial charge in [0.1, 0.15) is 0 Å². The summed E-state index contributed by atoms with van der Waals surface area (Å²) in [6.07, 6.45) is 0.343. The first-order chi connectivity index (χ1) is 11.0. The molecule has 1 atom stereocenters. The smallest absolute Gasteiger partial charge is 0.230 e. The zero-order chi connectivity index (χ0) is 16.8. The van der Waals surface area contributed by atoms with Crippen LogP contribution >= 0.6 is 23.2 Å². The molecule has 0 heterocycles. The van der Waals surface area contributed by atoms with Gasteiger partial charge in [-0.05, 0) is 29.7 Å². The van der Waals surface area contributed by atoms with E-state index in [1.807, 2.05) is 30.3 Å². The summed E-state index contributed by atoms with van der Waals surface area (Å²) in [5, 5.41) is 10.2. The van der Waals surface area contributed by atoms with Crippen molar-refractivity contribution in [3.05, 3.63) is 69.7 Å². The molecule has 122 valence electrons. The largest absolute Gasteiger partial charge is 0.396 e. The van der Waals surface area contributed by atoms with Gasteiger partial charge in [-0.3, -0.25) is 4.79 Å². The van der Waals surface area contributed by atoms with E-state index < -0.39 is 5.92 Å². The van der Waals surface area contributed by atoms with Gasteiger partial charge in [-0.2, -0.15) is 0 Å². The lowest BCUT2D eigenvalue weighted by Crippen LogP contribution is -2.32. The second kappa shape index (κ2) is 8.34. The van der Waals surface area contributed by atoms with Gasteiger partial charge in [-0.25, -0.2) is 0 Å². The van der Waals surface area contributed by atoms with Crippen LogP contribution in [0, 0.1) is 0 Å². The molecular weight excluding hydrogens is 333 g/mol. The number of aliphatic hydroxyl groups is 1. The number of halogens is 2. The number of carbonyl (C=O) groups is 1. The SMILES string of the molecule is CN(Cc1ccccc1)C(=O)C(CCO)c1ccc(Cl)c(Cl)c1. The molecule has 0 fully saturated rings. The van der Waals surface area contributed by atoms with Gasteiger partial charge in [-0.1, -0.05) is 59.6 Å². The molecule has 2 aromatic rings. The van der Waals surface area contributed by atoms with Crippen molar-refractivity contribution < 1.29 is 9.90 Å². The highest BCUT2D eigenvalue weighted by atomic mass is 35.5. The van der Waals surface area contributed by atoms with Gasteiger partial charge in [0.25, 0.3) is 0 Å². The van der Waals surface area contributed by atoms with Gasteiger partial charge in [0.05, 0.1) is 16.0 Å². The Kier molecular flexibility index (Phi) is 6.46. The van der Waals surface area contributed by atoms with E-state index in [9.17, 15) is 9.90 Å². The summed E-state index contributed by atoms with van der Waals surface area (Å²) in [6.45, 7) is 0.443. The average molecular weight is 352 g/mol. The third-order valence-corrected chi connectivity index (χ3v) is 4.44. The van der Waals surface area contributed by atoms with Gasteiger partial charge >= 0.3 is 0 Å². The molecule has 0 bridgehead atoms. The van der Waals surface area contributed by atoms with Gasteiger partial charge in [-0.15, -0.1) is 0 Å². The zero-order valence-corrected chi connectivity index (χ0v) is 14.4. The average Bonchev–Trinajstić information content (AvgIpc) is 2.55. The Morgan fingerprint density at radius 3 is 2.43 bits per heavy atom. The fraction of sp³-hybridized carbons (Fsp3) is 0.278. The van der Waals surface area contributed by atoms with Gasteiger partial charge in [0, 0.05) is 20.2 Å². The molecule has 0 radical (unpaired) electrons. The second-order valence-electron chi connectivity index (χ2n) is 5.42. The summed E-state index contributed by atoms with van der Waals surface area (Å²) < 4.78 is 0. The van der Waals surface area contributed by atoms with Crippen LogP contribution in [-0.4, -0.2) is 29.6 Å². The lowest BCUT2D eigenvalue weighted by Gasteiger charge is -2.24. The van der Waals surface area contributed by atoms with Crippen molar-refractivity contribution in [2.45, 2.75) is 18.9 Å². The molecule has 0 aromatic heterocycles. The molecule has 23 heavy (non-hydrogen) atoms. The predicted octanol–water partition coefficient (Wildman–Crippen LogP) is 4.12. The van der Waals surface area contributed by atoms with Crippen LogP contribution in [0.15, 0.2) is 48.5 Å². The summed E-state index contributed by atoms with van der Waals surface area (Å²) in [5.41, 5.74) is 1.82. The number of benzene rings is 2. The first-order valence-electron chi connectivity index (χ1n) is 7.37. The monoisotopic (exact) mass is 351 g/mol. The quantitative estimate of drug-likeness (QED) is 0.850. The number of amides is 1.